The van der Waals surface area contributed by atoms with Crippen molar-refractivity contribution in [2.24, 2.45) is 5.73 Å². The van der Waals surface area contributed by atoms with Gasteiger partial charge < -0.3 is 10.5 Å². The van der Waals surface area contributed by atoms with Gasteiger partial charge in [0.2, 0.25) is 0 Å². The summed E-state index contributed by atoms with van der Waals surface area (Å²) in [5.74, 6) is -0.110. The van der Waals surface area contributed by atoms with Crippen molar-refractivity contribution in [1.82, 2.24) is 4.90 Å². The van der Waals surface area contributed by atoms with Crippen LogP contribution in [0, 0.1) is 5.82 Å². The number of rotatable bonds is 3. The van der Waals surface area contributed by atoms with E-state index in [4.69, 9.17) is 10.5 Å². The molecule has 0 radical (unpaired) electrons. The fourth-order valence-corrected chi connectivity index (χ4v) is 3.08. The van der Waals surface area contributed by atoms with Gasteiger partial charge in [-0.25, -0.2) is 4.39 Å². The average Bonchev–Trinajstić information content (AvgIpc) is 2.97. The standard InChI is InChI=1S/C14H19FN2O/c15-13-5-1-4-11-12(13)9-17(14(11)7-16)8-10-3-2-6-18-10/h1,4-5,10,14H,2-3,6-9,16H2. The largest absolute Gasteiger partial charge is 0.377 e. The molecule has 98 valence electrons. The van der Waals surface area contributed by atoms with E-state index in [9.17, 15) is 4.39 Å². The van der Waals surface area contributed by atoms with E-state index >= 15 is 0 Å². The summed E-state index contributed by atoms with van der Waals surface area (Å²) in [6.45, 7) is 2.90. The van der Waals surface area contributed by atoms with Gasteiger partial charge in [0, 0.05) is 37.8 Å². The van der Waals surface area contributed by atoms with Crippen LogP contribution in [0.25, 0.3) is 0 Å². The lowest BCUT2D eigenvalue weighted by Crippen LogP contribution is -2.34. The number of fused-ring (bicyclic) bond motifs is 1. The third-order valence-electron chi connectivity index (χ3n) is 4.00. The van der Waals surface area contributed by atoms with Gasteiger partial charge in [-0.2, -0.15) is 0 Å². The lowest BCUT2D eigenvalue weighted by atomic mass is 10.0. The number of benzene rings is 1. The lowest BCUT2D eigenvalue weighted by molar-refractivity contribution is 0.0607. The molecule has 1 aromatic carbocycles. The minimum Gasteiger partial charge on any atom is -0.377 e. The Kier molecular flexibility index (Phi) is 3.33. The van der Waals surface area contributed by atoms with Gasteiger partial charge >= 0.3 is 0 Å². The van der Waals surface area contributed by atoms with E-state index in [0.717, 1.165) is 37.1 Å². The van der Waals surface area contributed by atoms with E-state index in [1.807, 2.05) is 6.07 Å². The highest BCUT2D eigenvalue weighted by atomic mass is 19.1. The van der Waals surface area contributed by atoms with E-state index in [1.165, 1.54) is 6.07 Å². The van der Waals surface area contributed by atoms with Gasteiger partial charge in [0.05, 0.1) is 6.10 Å². The van der Waals surface area contributed by atoms with Gasteiger partial charge in [-0.15, -0.1) is 0 Å². The Morgan fingerprint density at radius 2 is 2.33 bits per heavy atom. The molecule has 2 aliphatic heterocycles. The number of hydrogen-bond acceptors (Lipinski definition) is 3. The Hall–Kier alpha value is -0.970. The molecule has 0 spiro atoms. The van der Waals surface area contributed by atoms with Crippen LogP contribution >= 0.6 is 0 Å². The third kappa shape index (κ3) is 2.05. The molecule has 3 rings (SSSR count). The summed E-state index contributed by atoms with van der Waals surface area (Å²) in [6.07, 6.45) is 2.52. The molecule has 1 fully saturated rings. The third-order valence-corrected chi connectivity index (χ3v) is 4.00. The molecule has 3 nitrogen and oxygen atoms in total. The summed E-state index contributed by atoms with van der Waals surface area (Å²) >= 11 is 0. The second-order valence-corrected chi connectivity index (χ2v) is 5.12. The van der Waals surface area contributed by atoms with Crippen molar-refractivity contribution >= 4 is 0 Å². The van der Waals surface area contributed by atoms with Gasteiger partial charge in [0.15, 0.2) is 0 Å². The topological polar surface area (TPSA) is 38.5 Å². The molecule has 4 heteroatoms. The predicted molar refractivity (Wildman–Crippen MR) is 67.6 cm³/mol. The second-order valence-electron chi connectivity index (χ2n) is 5.12. The fraction of sp³-hybridized carbons (Fsp3) is 0.571. The van der Waals surface area contributed by atoms with Crippen molar-refractivity contribution in [3.05, 3.63) is 35.1 Å². The molecular weight excluding hydrogens is 231 g/mol. The summed E-state index contributed by atoms with van der Waals surface area (Å²) in [7, 11) is 0. The molecule has 0 aliphatic carbocycles. The van der Waals surface area contributed by atoms with Crippen LogP contribution in [0.3, 0.4) is 0 Å². The maximum atomic E-state index is 13.8. The quantitative estimate of drug-likeness (QED) is 0.889. The fourth-order valence-electron chi connectivity index (χ4n) is 3.08. The van der Waals surface area contributed by atoms with Crippen LogP contribution in [0.1, 0.15) is 30.0 Å². The van der Waals surface area contributed by atoms with Crippen LogP contribution in [-0.2, 0) is 11.3 Å². The smallest absolute Gasteiger partial charge is 0.128 e. The van der Waals surface area contributed by atoms with E-state index in [-0.39, 0.29) is 18.0 Å². The maximum absolute atomic E-state index is 13.8. The molecule has 0 saturated carbocycles. The lowest BCUT2D eigenvalue weighted by Gasteiger charge is -2.26. The number of halogens is 1. The zero-order chi connectivity index (χ0) is 12.5. The molecule has 0 aromatic heterocycles. The van der Waals surface area contributed by atoms with Crippen LogP contribution in [0.2, 0.25) is 0 Å². The molecule has 1 aromatic rings. The highest BCUT2D eigenvalue weighted by molar-refractivity contribution is 5.35. The zero-order valence-corrected chi connectivity index (χ0v) is 10.4. The number of hydrogen-bond donors (Lipinski definition) is 1. The van der Waals surface area contributed by atoms with Gasteiger partial charge in [-0.05, 0) is 24.5 Å². The molecule has 2 heterocycles. The highest BCUT2D eigenvalue weighted by Gasteiger charge is 2.33. The molecule has 2 atom stereocenters. The van der Waals surface area contributed by atoms with Gasteiger partial charge in [0.25, 0.3) is 0 Å². The molecule has 18 heavy (non-hydrogen) atoms. The first-order valence-corrected chi connectivity index (χ1v) is 6.62. The summed E-state index contributed by atoms with van der Waals surface area (Å²) in [5, 5.41) is 0. The second kappa shape index (κ2) is 4.96. The zero-order valence-electron chi connectivity index (χ0n) is 10.4. The normalized spacial score (nSPS) is 27.7. The summed E-state index contributed by atoms with van der Waals surface area (Å²) in [5.41, 5.74) is 7.72. The molecule has 2 unspecified atom stereocenters. The molecule has 2 aliphatic rings. The van der Waals surface area contributed by atoms with Crippen LogP contribution in [0.4, 0.5) is 4.39 Å². The maximum Gasteiger partial charge on any atom is 0.128 e. The van der Waals surface area contributed by atoms with E-state index < -0.39 is 0 Å². The Labute approximate surface area is 107 Å². The molecule has 2 N–H and O–H groups in total. The number of nitrogens with zero attached hydrogens (tertiary/aromatic N) is 1. The van der Waals surface area contributed by atoms with Crippen molar-refractivity contribution in [2.75, 3.05) is 19.7 Å². The summed E-state index contributed by atoms with van der Waals surface area (Å²) in [4.78, 5) is 2.25. The van der Waals surface area contributed by atoms with Crippen LogP contribution in [0.5, 0.6) is 0 Å². The average molecular weight is 250 g/mol. The van der Waals surface area contributed by atoms with Crippen LogP contribution in [0.15, 0.2) is 18.2 Å². The predicted octanol–water partition coefficient (Wildman–Crippen LogP) is 1.82. The monoisotopic (exact) mass is 250 g/mol. The van der Waals surface area contributed by atoms with Crippen molar-refractivity contribution in [3.63, 3.8) is 0 Å². The minimum absolute atomic E-state index is 0.110. The van der Waals surface area contributed by atoms with Gasteiger partial charge in [-0.1, -0.05) is 12.1 Å². The first kappa shape index (κ1) is 12.1. The summed E-state index contributed by atoms with van der Waals surface area (Å²) < 4.78 is 19.4. The first-order valence-electron chi connectivity index (χ1n) is 6.62. The SMILES string of the molecule is NCC1c2cccc(F)c2CN1CC1CCCO1. The number of ether oxygens (including phenoxy) is 1. The number of nitrogens with two attached hydrogens (primary N) is 1. The molecule has 1 saturated heterocycles. The Morgan fingerprint density at radius 3 is 3.06 bits per heavy atom. The highest BCUT2D eigenvalue weighted by Crippen LogP contribution is 2.35. The molecule has 0 amide bonds. The van der Waals surface area contributed by atoms with Gasteiger partial charge in [0.1, 0.15) is 5.82 Å². The Balaban J connectivity index is 1.79. The minimum atomic E-state index is -0.110. The van der Waals surface area contributed by atoms with E-state index in [2.05, 4.69) is 4.90 Å². The van der Waals surface area contributed by atoms with Crippen LogP contribution < -0.4 is 5.73 Å². The first-order chi connectivity index (χ1) is 8.79. The van der Waals surface area contributed by atoms with E-state index in [0.29, 0.717) is 13.1 Å². The molecular formula is C14H19FN2O. The van der Waals surface area contributed by atoms with Crippen LogP contribution in [-0.4, -0.2) is 30.7 Å². The van der Waals surface area contributed by atoms with Crippen molar-refractivity contribution < 1.29 is 9.13 Å². The van der Waals surface area contributed by atoms with E-state index in [1.54, 1.807) is 6.07 Å². The van der Waals surface area contributed by atoms with Crippen molar-refractivity contribution in [3.8, 4) is 0 Å². The summed E-state index contributed by atoms with van der Waals surface area (Å²) in [6, 6.07) is 5.43. The Morgan fingerprint density at radius 1 is 1.44 bits per heavy atom. The Bertz CT molecular complexity index is 432. The van der Waals surface area contributed by atoms with Crippen molar-refractivity contribution in [2.45, 2.75) is 31.5 Å². The molecule has 0 bridgehead atoms. The van der Waals surface area contributed by atoms with Gasteiger partial charge in [-0.3, -0.25) is 4.90 Å². The van der Waals surface area contributed by atoms with Crippen molar-refractivity contribution in [1.29, 1.82) is 0 Å².